The van der Waals surface area contributed by atoms with Crippen LogP contribution in [0, 0.1) is 0 Å². The molecule has 0 saturated carbocycles. The standard InChI is InChI=1S/C21H26N6O3S/c1-13(2)23-20(29)24-18(28)12-31-21-26-25-19(27(21)11-14-6-5-9-30-14)16-10-22-17-8-4-3-7-15(16)17/h3-4,7-8,10,13-14,22H,5-6,9,11-12H2,1-2H3,(H2,23,24,28,29). The van der Waals surface area contributed by atoms with Crippen LogP contribution >= 0.6 is 11.8 Å². The minimum absolute atomic E-state index is 0.0475. The minimum atomic E-state index is -0.499. The van der Waals surface area contributed by atoms with Crippen molar-refractivity contribution < 1.29 is 14.3 Å². The van der Waals surface area contributed by atoms with Gasteiger partial charge >= 0.3 is 6.03 Å². The molecule has 1 aliphatic heterocycles. The summed E-state index contributed by atoms with van der Waals surface area (Å²) >= 11 is 1.25. The Kier molecular flexibility index (Phi) is 6.57. The summed E-state index contributed by atoms with van der Waals surface area (Å²) in [4.78, 5) is 27.2. The first kappa shape index (κ1) is 21.4. The number of nitrogens with one attached hydrogen (secondary N) is 3. The van der Waals surface area contributed by atoms with Crippen LogP contribution in [0.1, 0.15) is 26.7 Å². The van der Waals surface area contributed by atoms with Crippen LogP contribution < -0.4 is 10.6 Å². The maximum absolute atomic E-state index is 12.2. The highest BCUT2D eigenvalue weighted by molar-refractivity contribution is 7.99. The highest BCUT2D eigenvalue weighted by Crippen LogP contribution is 2.31. The smallest absolute Gasteiger partial charge is 0.321 e. The highest BCUT2D eigenvalue weighted by atomic mass is 32.2. The second-order valence-corrected chi connectivity index (χ2v) is 8.71. The lowest BCUT2D eigenvalue weighted by Gasteiger charge is -2.14. The van der Waals surface area contributed by atoms with E-state index >= 15 is 0 Å². The highest BCUT2D eigenvalue weighted by Gasteiger charge is 2.23. The molecule has 31 heavy (non-hydrogen) atoms. The quantitative estimate of drug-likeness (QED) is 0.485. The zero-order chi connectivity index (χ0) is 21.8. The second kappa shape index (κ2) is 9.52. The van der Waals surface area contributed by atoms with Gasteiger partial charge in [0.05, 0.1) is 18.4 Å². The maximum Gasteiger partial charge on any atom is 0.321 e. The average molecular weight is 443 g/mol. The van der Waals surface area contributed by atoms with Crippen LogP contribution in [0.4, 0.5) is 4.79 Å². The number of aromatic amines is 1. The van der Waals surface area contributed by atoms with Crippen molar-refractivity contribution in [3.8, 4) is 11.4 Å². The van der Waals surface area contributed by atoms with Crippen molar-refractivity contribution in [3.05, 3.63) is 30.5 Å². The first-order valence-electron chi connectivity index (χ1n) is 10.4. The van der Waals surface area contributed by atoms with Crippen LogP contribution in [0.3, 0.4) is 0 Å². The van der Waals surface area contributed by atoms with Crippen molar-refractivity contribution in [2.45, 2.75) is 50.5 Å². The number of rotatable bonds is 7. The van der Waals surface area contributed by atoms with E-state index in [0.717, 1.165) is 41.7 Å². The Labute approximate surface area is 184 Å². The van der Waals surface area contributed by atoms with Crippen molar-refractivity contribution in [2.24, 2.45) is 0 Å². The molecule has 1 aromatic carbocycles. The van der Waals surface area contributed by atoms with E-state index < -0.39 is 6.03 Å². The second-order valence-electron chi connectivity index (χ2n) is 7.76. The Hall–Kier alpha value is -2.85. The van der Waals surface area contributed by atoms with Crippen LogP contribution in [0.2, 0.25) is 0 Å². The molecule has 0 spiro atoms. The number of benzene rings is 1. The lowest BCUT2D eigenvalue weighted by Crippen LogP contribution is -2.43. The van der Waals surface area contributed by atoms with Crippen molar-refractivity contribution in [1.82, 2.24) is 30.4 Å². The van der Waals surface area contributed by atoms with Crippen LogP contribution in [0.15, 0.2) is 35.6 Å². The summed E-state index contributed by atoms with van der Waals surface area (Å²) in [5, 5.41) is 15.4. The lowest BCUT2D eigenvalue weighted by atomic mass is 10.1. The third kappa shape index (κ3) is 5.08. The third-order valence-electron chi connectivity index (χ3n) is 4.96. The SMILES string of the molecule is CC(C)NC(=O)NC(=O)CSc1nnc(-c2c[nH]c3ccccc23)n1CC1CCCO1. The number of H-pyrrole nitrogens is 1. The molecule has 0 radical (unpaired) electrons. The molecule has 1 fully saturated rings. The number of para-hydroxylation sites is 1. The summed E-state index contributed by atoms with van der Waals surface area (Å²) < 4.78 is 7.84. The van der Waals surface area contributed by atoms with E-state index in [2.05, 4.69) is 25.8 Å². The number of carbonyl (C=O) groups is 2. The normalized spacial score (nSPS) is 16.2. The fourth-order valence-corrected chi connectivity index (χ4v) is 4.35. The first-order chi connectivity index (χ1) is 15.0. The molecule has 2 aromatic heterocycles. The first-order valence-corrected chi connectivity index (χ1v) is 11.3. The van der Waals surface area contributed by atoms with Crippen molar-refractivity contribution in [2.75, 3.05) is 12.4 Å². The Morgan fingerprint density at radius 1 is 1.32 bits per heavy atom. The van der Waals surface area contributed by atoms with Gasteiger partial charge in [-0.3, -0.25) is 14.7 Å². The number of urea groups is 1. The number of imide groups is 1. The molecule has 1 saturated heterocycles. The van der Waals surface area contributed by atoms with Gasteiger partial charge < -0.3 is 15.0 Å². The van der Waals surface area contributed by atoms with Gasteiger partial charge in [-0.05, 0) is 32.8 Å². The van der Waals surface area contributed by atoms with Gasteiger partial charge in [0, 0.05) is 35.3 Å². The molecule has 4 rings (SSSR count). The molecule has 1 aliphatic rings. The van der Waals surface area contributed by atoms with E-state index in [1.807, 2.05) is 48.9 Å². The predicted octanol–water partition coefficient (Wildman–Crippen LogP) is 2.93. The number of aromatic nitrogens is 4. The van der Waals surface area contributed by atoms with E-state index in [4.69, 9.17) is 4.74 Å². The monoisotopic (exact) mass is 442 g/mol. The van der Waals surface area contributed by atoms with Crippen LogP contribution in [0.25, 0.3) is 22.3 Å². The largest absolute Gasteiger partial charge is 0.376 e. The van der Waals surface area contributed by atoms with E-state index in [1.54, 1.807) is 0 Å². The summed E-state index contributed by atoms with van der Waals surface area (Å²) in [6.07, 6.45) is 4.03. The molecule has 164 valence electrons. The molecule has 3 amide bonds. The number of ether oxygens (including phenoxy) is 1. The number of amides is 3. The molecule has 3 heterocycles. The molecule has 1 unspecified atom stereocenters. The number of hydrogen-bond acceptors (Lipinski definition) is 6. The van der Waals surface area contributed by atoms with Crippen LogP contribution in [0.5, 0.6) is 0 Å². The Balaban J connectivity index is 1.55. The molecule has 3 N–H and O–H groups in total. The third-order valence-corrected chi connectivity index (χ3v) is 5.93. The van der Waals surface area contributed by atoms with Crippen LogP contribution in [-0.4, -0.2) is 56.2 Å². The van der Waals surface area contributed by atoms with Crippen molar-refractivity contribution in [3.63, 3.8) is 0 Å². The maximum atomic E-state index is 12.2. The number of nitrogens with zero attached hydrogens (tertiary/aromatic N) is 3. The fraction of sp³-hybridized carbons (Fsp3) is 0.429. The molecule has 10 heteroatoms. The number of fused-ring (bicyclic) bond motifs is 1. The number of thioether (sulfide) groups is 1. The number of carbonyl (C=O) groups excluding carboxylic acids is 2. The molecular weight excluding hydrogens is 416 g/mol. The van der Waals surface area contributed by atoms with Gasteiger partial charge in [-0.15, -0.1) is 10.2 Å². The van der Waals surface area contributed by atoms with Crippen molar-refractivity contribution >= 4 is 34.6 Å². The summed E-state index contributed by atoms with van der Waals surface area (Å²) in [5.74, 6) is 0.403. The zero-order valence-electron chi connectivity index (χ0n) is 17.6. The number of hydrogen-bond donors (Lipinski definition) is 3. The van der Waals surface area contributed by atoms with Gasteiger partial charge in [-0.2, -0.15) is 0 Å². The van der Waals surface area contributed by atoms with E-state index in [0.29, 0.717) is 11.7 Å². The Morgan fingerprint density at radius 2 is 2.16 bits per heavy atom. The lowest BCUT2D eigenvalue weighted by molar-refractivity contribution is -0.117. The Morgan fingerprint density at radius 3 is 2.94 bits per heavy atom. The fourth-order valence-electron chi connectivity index (χ4n) is 3.60. The molecule has 9 nitrogen and oxygen atoms in total. The molecule has 0 aliphatic carbocycles. The molecule has 1 atom stereocenters. The zero-order valence-corrected chi connectivity index (χ0v) is 18.4. The summed E-state index contributed by atoms with van der Waals surface area (Å²) in [6, 6.07) is 7.48. The van der Waals surface area contributed by atoms with Gasteiger partial charge in [0.25, 0.3) is 0 Å². The van der Waals surface area contributed by atoms with E-state index in [9.17, 15) is 9.59 Å². The summed E-state index contributed by atoms with van der Waals surface area (Å²) in [6.45, 7) is 5.03. The topological polar surface area (TPSA) is 114 Å². The summed E-state index contributed by atoms with van der Waals surface area (Å²) in [7, 11) is 0. The van der Waals surface area contributed by atoms with Crippen LogP contribution in [-0.2, 0) is 16.1 Å². The average Bonchev–Trinajstić information content (AvgIpc) is 3.46. The molecule has 0 bridgehead atoms. The van der Waals surface area contributed by atoms with Gasteiger partial charge in [0.15, 0.2) is 11.0 Å². The van der Waals surface area contributed by atoms with Gasteiger partial charge in [-0.1, -0.05) is 30.0 Å². The summed E-state index contributed by atoms with van der Waals surface area (Å²) in [5.41, 5.74) is 1.97. The minimum Gasteiger partial charge on any atom is -0.376 e. The molecule has 3 aromatic rings. The van der Waals surface area contributed by atoms with E-state index in [1.165, 1.54) is 11.8 Å². The predicted molar refractivity (Wildman–Crippen MR) is 119 cm³/mol. The van der Waals surface area contributed by atoms with E-state index in [-0.39, 0.29) is 23.8 Å². The van der Waals surface area contributed by atoms with Gasteiger partial charge in [0.2, 0.25) is 5.91 Å². The molecular formula is C21H26N6O3S. The van der Waals surface area contributed by atoms with Crippen molar-refractivity contribution in [1.29, 1.82) is 0 Å². The van der Waals surface area contributed by atoms with Gasteiger partial charge in [0.1, 0.15) is 0 Å². The van der Waals surface area contributed by atoms with Gasteiger partial charge in [-0.25, -0.2) is 4.79 Å². The Bertz CT molecular complexity index is 1070.